The lowest BCUT2D eigenvalue weighted by atomic mass is 10.1. The van der Waals surface area contributed by atoms with Crippen LogP contribution in [0.4, 0.5) is 8.78 Å². The number of nitrogens with two attached hydrogens (primary N) is 1. The Morgan fingerprint density at radius 3 is 2.58 bits per heavy atom. The number of hydrazine groups is 1. The number of alkyl halides is 2. The van der Waals surface area contributed by atoms with Crippen molar-refractivity contribution >= 4 is 11.3 Å². The quantitative estimate of drug-likeness (QED) is 0.566. The van der Waals surface area contributed by atoms with Gasteiger partial charge in [0.25, 0.3) is 6.43 Å². The number of aryl methyl sites for hydroxylation is 1. The predicted molar refractivity (Wildman–Crippen MR) is 45.1 cm³/mol. The fourth-order valence-corrected chi connectivity index (χ4v) is 1.77. The number of hydrogen-bond donors (Lipinski definition) is 2. The summed E-state index contributed by atoms with van der Waals surface area (Å²) in [7, 11) is 0. The molecule has 68 valence electrons. The Labute approximate surface area is 73.4 Å². The lowest BCUT2D eigenvalue weighted by Gasteiger charge is -2.14. The highest BCUT2D eigenvalue weighted by Gasteiger charge is 2.22. The Kier molecular flexibility index (Phi) is 3.13. The molecule has 12 heavy (non-hydrogen) atoms. The molecule has 5 heteroatoms. The minimum Gasteiger partial charge on any atom is -0.271 e. The maximum atomic E-state index is 12.3. The van der Waals surface area contributed by atoms with E-state index >= 15 is 0 Å². The largest absolute Gasteiger partial charge is 0.271 e. The molecule has 0 fully saturated rings. The molecule has 1 aromatic rings. The Morgan fingerprint density at radius 1 is 1.58 bits per heavy atom. The van der Waals surface area contributed by atoms with Gasteiger partial charge in [-0.1, -0.05) is 0 Å². The first-order chi connectivity index (χ1) is 5.66. The van der Waals surface area contributed by atoms with E-state index in [4.69, 9.17) is 5.84 Å². The smallest absolute Gasteiger partial charge is 0.259 e. The van der Waals surface area contributed by atoms with Gasteiger partial charge >= 0.3 is 0 Å². The Morgan fingerprint density at radius 2 is 2.25 bits per heavy atom. The molecule has 0 bridgehead atoms. The lowest BCUT2D eigenvalue weighted by molar-refractivity contribution is 0.0986. The summed E-state index contributed by atoms with van der Waals surface area (Å²) in [6, 6.07) is 0.618. The van der Waals surface area contributed by atoms with Crippen LogP contribution in [-0.2, 0) is 0 Å². The van der Waals surface area contributed by atoms with Gasteiger partial charge < -0.3 is 0 Å². The molecule has 1 aromatic heterocycles. The molecular weight excluding hydrogens is 182 g/mol. The number of halogens is 2. The van der Waals surface area contributed by atoms with Crippen molar-refractivity contribution < 1.29 is 8.78 Å². The fourth-order valence-electron chi connectivity index (χ4n) is 1.02. The molecule has 0 amide bonds. The normalized spacial score (nSPS) is 13.8. The molecule has 0 saturated heterocycles. The highest BCUT2D eigenvalue weighted by Crippen LogP contribution is 2.26. The van der Waals surface area contributed by atoms with Crippen LogP contribution in [0.3, 0.4) is 0 Å². The average molecular weight is 192 g/mol. The molecule has 0 saturated carbocycles. The van der Waals surface area contributed by atoms with Crippen molar-refractivity contribution in [2.75, 3.05) is 0 Å². The van der Waals surface area contributed by atoms with E-state index in [1.807, 2.05) is 0 Å². The predicted octanol–water partition coefficient (Wildman–Crippen LogP) is 1.83. The van der Waals surface area contributed by atoms with Gasteiger partial charge in [-0.2, -0.15) is 0 Å². The molecule has 0 aliphatic rings. The van der Waals surface area contributed by atoms with Crippen molar-refractivity contribution in [3.8, 4) is 0 Å². The Balaban J connectivity index is 2.87. The van der Waals surface area contributed by atoms with E-state index in [0.29, 0.717) is 5.56 Å². The molecule has 1 atom stereocenters. The standard InChI is InChI=1S/C7H10F2N2S/c1-4-5(2-3-12-4)6(11-10)7(8)9/h2-3,6-7,11H,10H2,1H3. The van der Waals surface area contributed by atoms with Gasteiger partial charge in [-0.25, -0.2) is 14.2 Å². The Bertz CT molecular complexity index is 249. The van der Waals surface area contributed by atoms with Gasteiger partial charge in [-0.3, -0.25) is 5.84 Å². The van der Waals surface area contributed by atoms with Gasteiger partial charge in [-0.05, 0) is 23.9 Å². The summed E-state index contributed by atoms with van der Waals surface area (Å²) < 4.78 is 24.6. The minimum atomic E-state index is -2.47. The van der Waals surface area contributed by atoms with Crippen molar-refractivity contribution in [2.45, 2.75) is 19.4 Å². The summed E-state index contributed by atoms with van der Waals surface area (Å²) in [5.74, 6) is 5.01. The SMILES string of the molecule is Cc1sccc1C(NN)C(F)F. The molecule has 1 rings (SSSR count). The van der Waals surface area contributed by atoms with E-state index in [0.717, 1.165) is 4.88 Å². The van der Waals surface area contributed by atoms with Crippen LogP contribution in [-0.4, -0.2) is 6.43 Å². The van der Waals surface area contributed by atoms with E-state index in [-0.39, 0.29) is 0 Å². The molecule has 0 aromatic carbocycles. The zero-order chi connectivity index (χ0) is 9.14. The van der Waals surface area contributed by atoms with Crippen LogP contribution < -0.4 is 11.3 Å². The first kappa shape index (κ1) is 9.57. The third-order valence-corrected chi connectivity index (χ3v) is 2.53. The molecule has 1 unspecified atom stereocenters. The van der Waals surface area contributed by atoms with Gasteiger partial charge in [0.1, 0.15) is 6.04 Å². The third-order valence-electron chi connectivity index (χ3n) is 1.67. The van der Waals surface area contributed by atoms with Crippen LogP contribution in [0.25, 0.3) is 0 Å². The van der Waals surface area contributed by atoms with Crippen molar-refractivity contribution in [3.63, 3.8) is 0 Å². The second-order valence-corrected chi connectivity index (χ2v) is 3.53. The third kappa shape index (κ3) is 1.80. The summed E-state index contributed by atoms with van der Waals surface area (Å²) in [5, 5.41) is 1.78. The fraction of sp³-hybridized carbons (Fsp3) is 0.429. The number of nitrogens with one attached hydrogen (secondary N) is 1. The van der Waals surface area contributed by atoms with Crippen LogP contribution in [0.2, 0.25) is 0 Å². The number of thiophene rings is 1. The molecular formula is C7H10F2N2S. The van der Waals surface area contributed by atoms with Crippen LogP contribution >= 0.6 is 11.3 Å². The summed E-state index contributed by atoms with van der Waals surface area (Å²) in [6.45, 7) is 1.80. The van der Waals surface area contributed by atoms with Gasteiger partial charge in [0.2, 0.25) is 0 Å². The van der Waals surface area contributed by atoms with Crippen molar-refractivity contribution in [1.82, 2.24) is 5.43 Å². The molecule has 0 aliphatic carbocycles. The van der Waals surface area contributed by atoms with E-state index in [9.17, 15) is 8.78 Å². The van der Waals surface area contributed by atoms with E-state index in [1.54, 1.807) is 18.4 Å². The molecule has 0 radical (unpaired) electrons. The van der Waals surface area contributed by atoms with Crippen LogP contribution in [0.5, 0.6) is 0 Å². The monoisotopic (exact) mass is 192 g/mol. The summed E-state index contributed by atoms with van der Waals surface area (Å²) in [4.78, 5) is 0.873. The maximum absolute atomic E-state index is 12.3. The van der Waals surface area contributed by atoms with Gasteiger partial charge in [0.15, 0.2) is 0 Å². The van der Waals surface area contributed by atoms with Gasteiger partial charge in [0, 0.05) is 4.88 Å². The maximum Gasteiger partial charge on any atom is 0.259 e. The lowest BCUT2D eigenvalue weighted by Crippen LogP contribution is -2.32. The van der Waals surface area contributed by atoms with Crippen LogP contribution in [0, 0.1) is 6.92 Å². The highest BCUT2D eigenvalue weighted by atomic mass is 32.1. The van der Waals surface area contributed by atoms with Crippen molar-refractivity contribution in [3.05, 3.63) is 21.9 Å². The van der Waals surface area contributed by atoms with Crippen LogP contribution in [0.15, 0.2) is 11.4 Å². The Hall–Kier alpha value is -0.520. The van der Waals surface area contributed by atoms with Crippen molar-refractivity contribution in [2.24, 2.45) is 5.84 Å². The van der Waals surface area contributed by atoms with Gasteiger partial charge in [0.05, 0.1) is 0 Å². The first-order valence-electron chi connectivity index (χ1n) is 3.45. The zero-order valence-corrected chi connectivity index (χ0v) is 7.37. The molecule has 1 heterocycles. The minimum absolute atomic E-state index is 0.581. The summed E-state index contributed by atoms with van der Waals surface area (Å²) in [6.07, 6.45) is -2.47. The second-order valence-electron chi connectivity index (χ2n) is 2.41. The molecule has 0 aliphatic heterocycles. The highest BCUT2D eigenvalue weighted by molar-refractivity contribution is 7.10. The van der Waals surface area contributed by atoms with Crippen LogP contribution in [0.1, 0.15) is 16.5 Å². The zero-order valence-electron chi connectivity index (χ0n) is 6.55. The van der Waals surface area contributed by atoms with Gasteiger partial charge in [-0.15, -0.1) is 11.3 Å². The van der Waals surface area contributed by atoms with E-state index in [2.05, 4.69) is 5.43 Å². The summed E-state index contributed by atoms with van der Waals surface area (Å²) in [5.41, 5.74) is 2.68. The molecule has 0 spiro atoms. The molecule has 2 nitrogen and oxygen atoms in total. The number of rotatable bonds is 3. The van der Waals surface area contributed by atoms with E-state index < -0.39 is 12.5 Å². The second kappa shape index (κ2) is 3.93. The average Bonchev–Trinajstić information content (AvgIpc) is 2.38. The van der Waals surface area contributed by atoms with Crippen molar-refractivity contribution in [1.29, 1.82) is 0 Å². The first-order valence-corrected chi connectivity index (χ1v) is 4.33. The number of hydrogen-bond acceptors (Lipinski definition) is 3. The summed E-state index contributed by atoms with van der Waals surface area (Å²) >= 11 is 1.44. The topological polar surface area (TPSA) is 38.0 Å². The van der Waals surface area contributed by atoms with E-state index in [1.165, 1.54) is 11.3 Å². The molecule has 3 N–H and O–H groups in total.